The maximum Gasteiger partial charge on any atom is 0.239 e. The van der Waals surface area contributed by atoms with Gasteiger partial charge >= 0.3 is 0 Å². The molecule has 0 aromatic carbocycles. The Morgan fingerprint density at radius 2 is 1.92 bits per heavy atom. The lowest BCUT2D eigenvalue weighted by molar-refractivity contribution is -0.134. The molecule has 3 heteroatoms. The lowest BCUT2D eigenvalue weighted by Gasteiger charge is -2.28. The molecule has 0 spiro atoms. The Kier molecular flexibility index (Phi) is 4.90. The normalized spacial score (nSPS) is 15.4. The molecule has 1 unspecified atom stereocenters. The molecule has 0 bridgehead atoms. The summed E-state index contributed by atoms with van der Waals surface area (Å²) in [5, 5.41) is 0. The first kappa shape index (κ1) is 11.4. The highest BCUT2D eigenvalue weighted by atomic mass is 16.2. The molecule has 0 aliphatic carbocycles. The second kappa shape index (κ2) is 5.14. The van der Waals surface area contributed by atoms with Crippen LogP contribution in [0.3, 0.4) is 0 Å². The number of likely N-dealkylation sites (N-methyl/N-ethyl adjacent to an activating group) is 1. The number of nitrogens with two attached hydrogens (primary N) is 1. The zero-order valence-electron chi connectivity index (χ0n) is 8.50. The molecule has 2 N–H and O–H groups in total. The predicted molar refractivity (Wildman–Crippen MR) is 50.8 cm³/mol. The molecule has 0 saturated heterocycles. The molecule has 0 aliphatic rings. The molecule has 12 heavy (non-hydrogen) atoms. The summed E-state index contributed by atoms with van der Waals surface area (Å²) < 4.78 is 0. The highest BCUT2D eigenvalue weighted by Gasteiger charge is 2.19. The van der Waals surface area contributed by atoms with Crippen molar-refractivity contribution in [3.05, 3.63) is 0 Å². The minimum Gasteiger partial charge on any atom is -0.339 e. The fourth-order valence-corrected chi connectivity index (χ4v) is 1.17. The molecule has 0 aromatic heterocycles. The number of carbonyl (C=O) groups is 1. The lowest BCUT2D eigenvalue weighted by atomic mass is 10.2. The average Bonchev–Trinajstić information content (AvgIpc) is 2.05. The van der Waals surface area contributed by atoms with Crippen molar-refractivity contribution in [2.24, 2.45) is 5.73 Å². The van der Waals surface area contributed by atoms with Crippen LogP contribution in [-0.4, -0.2) is 29.4 Å². The number of rotatable bonds is 4. The molecule has 0 heterocycles. The van der Waals surface area contributed by atoms with E-state index < -0.39 is 0 Å². The molecule has 72 valence electrons. The van der Waals surface area contributed by atoms with E-state index in [2.05, 4.69) is 6.92 Å². The van der Waals surface area contributed by atoms with Crippen LogP contribution in [0.1, 0.15) is 34.1 Å². The fourth-order valence-electron chi connectivity index (χ4n) is 1.17. The highest BCUT2D eigenvalue weighted by Crippen LogP contribution is 2.04. The van der Waals surface area contributed by atoms with E-state index in [1.54, 1.807) is 6.92 Å². The maximum absolute atomic E-state index is 11.5. The van der Waals surface area contributed by atoms with Crippen LogP contribution in [-0.2, 0) is 4.79 Å². The van der Waals surface area contributed by atoms with E-state index in [4.69, 9.17) is 5.73 Å². The van der Waals surface area contributed by atoms with Crippen molar-refractivity contribution in [1.29, 1.82) is 0 Å². The van der Waals surface area contributed by atoms with Gasteiger partial charge in [-0.15, -0.1) is 0 Å². The van der Waals surface area contributed by atoms with Crippen LogP contribution >= 0.6 is 0 Å². The van der Waals surface area contributed by atoms with E-state index in [0.29, 0.717) is 6.04 Å². The van der Waals surface area contributed by atoms with Crippen molar-refractivity contribution in [3.63, 3.8) is 0 Å². The topological polar surface area (TPSA) is 46.3 Å². The molecule has 0 rings (SSSR count). The Morgan fingerprint density at radius 3 is 2.17 bits per heavy atom. The van der Waals surface area contributed by atoms with Gasteiger partial charge in [0.2, 0.25) is 5.91 Å². The Hall–Kier alpha value is -0.570. The lowest BCUT2D eigenvalue weighted by Crippen LogP contribution is -2.46. The van der Waals surface area contributed by atoms with Gasteiger partial charge in [0.05, 0.1) is 6.04 Å². The van der Waals surface area contributed by atoms with Gasteiger partial charge in [-0.1, -0.05) is 6.92 Å². The van der Waals surface area contributed by atoms with Gasteiger partial charge < -0.3 is 10.6 Å². The molecule has 0 aliphatic heterocycles. The standard InChI is InChI=1S/C9H20N2O/c1-5-7(3)11(6-2)9(12)8(4)10/h7-8H,5-6,10H2,1-4H3/t7?,8-/m1/s1. The number of hydrogen-bond acceptors (Lipinski definition) is 2. The molecular weight excluding hydrogens is 152 g/mol. The third kappa shape index (κ3) is 2.81. The summed E-state index contributed by atoms with van der Waals surface area (Å²) >= 11 is 0. The van der Waals surface area contributed by atoms with Crippen molar-refractivity contribution in [2.75, 3.05) is 6.54 Å². The Labute approximate surface area is 74.9 Å². The van der Waals surface area contributed by atoms with E-state index in [9.17, 15) is 4.79 Å². The molecule has 2 atom stereocenters. The van der Waals surface area contributed by atoms with Gasteiger partial charge in [0, 0.05) is 12.6 Å². The van der Waals surface area contributed by atoms with E-state index >= 15 is 0 Å². The zero-order valence-corrected chi connectivity index (χ0v) is 8.50. The summed E-state index contributed by atoms with van der Waals surface area (Å²) in [7, 11) is 0. The summed E-state index contributed by atoms with van der Waals surface area (Å²) in [5.74, 6) is 0.0480. The zero-order chi connectivity index (χ0) is 9.72. The first-order valence-corrected chi connectivity index (χ1v) is 4.60. The van der Waals surface area contributed by atoms with E-state index in [0.717, 1.165) is 13.0 Å². The maximum atomic E-state index is 11.5. The van der Waals surface area contributed by atoms with E-state index in [1.165, 1.54) is 0 Å². The molecule has 0 fully saturated rings. The van der Waals surface area contributed by atoms with Gasteiger partial charge in [-0.05, 0) is 27.2 Å². The highest BCUT2D eigenvalue weighted by molar-refractivity contribution is 5.81. The smallest absolute Gasteiger partial charge is 0.239 e. The Morgan fingerprint density at radius 1 is 1.42 bits per heavy atom. The minimum absolute atomic E-state index is 0.0480. The van der Waals surface area contributed by atoms with Crippen molar-refractivity contribution < 1.29 is 4.79 Å². The van der Waals surface area contributed by atoms with E-state index in [-0.39, 0.29) is 11.9 Å². The van der Waals surface area contributed by atoms with Crippen LogP contribution in [0.5, 0.6) is 0 Å². The van der Waals surface area contributed by atoms with Crippen LogP contribution in [0.2, 0.25) is 0 Å². The molecule has 3 nitrogen and oxygen atoms in total. The summed E-state index contributed by atoms with van der Waals surface area (Å²) in [5.41, 5.74) is 5.51. The molecule has 0 saturated carbocycles. The largest absolute Gasteiger partial charge is 0.339 e. The van der Waals surface area contributed by atoms with Crippen LogP contribution in [0.4, 0.5) is 0 Å². The van der Waals surface area contributed by atoms with Crippen LogP contribution in [0, 0.1) is 0 Å². The summed E-state index contributed by atoms with van der Waals surface area (Å²) in [6.07, 6.45) is 0.978. The van der Waals surface area contributed by atoms with Crippen LogP contribution in [0.25, 0.3) is 0 Å². The van der Waals surface area contributed by atoms with E-state index in [1.807, 2.05) is 18.7 Å². The predicted octanol–water partition coefficient (Wildman–Crippen LogP) is 0.981. The molecule has 0 radical (unpaired) electrons. The molecule has 1 amide bonds. The van der Waals surface area contributed by atoms with Gasteiger partial charge in [0.25, 0.3) is 0 Å². The Balaban J connectivity index is 4.24. The first-order valence-electron chi connectivity index (χ1n) is 4.60. The van der Waals surface area contributed by atoms with Crippen molar-refractivity contribution >= 4 is 5.91 Å². The third-order valence-electron chi connectivity index (χ3n) is 2.14. The third-order valence-corrected chi connectivity index (χ3v) is 2.14. The molecular formula is C9H20N2O. The fraction of sp³-hybridized carbons (Fsp3) is 0.889. The average molecular weight is 172 g/mol. The van der Waals surface area contributed by atoms with Gasteiger partial charge in [0.15, 0.2) is 0 Å². The Bertz CT molecular complexity index is 145. The minimum atomic E-state index is -0.376. The van der Waals surface area contributed by atoms with Gasteiger partial charge in [0.1, 0.15) is 0 Å². The summed E-state index contributed by atoms with van der Waals surface area (Å²) in [4.78, 5) is 13.3. The summed E-state index contributed by atoms with van der Waals surface area (Å²) in [6.45, 7) is 8.57. The second-order valence-electron chi connectivity index (χ2n) is 3.17. The number of hydrogen-bond donors (Lipinski definition) is 1. The van der Waals surface area contributed by atoms with Gasteiger partial charge in [-0.2, -0.15) is 0 Å². The SMILES string of the molecule is CCC(C)N(CC)C(=O)[C@@H](C)N. The summed E-state index contributed by atoms with van der Waals surface area (Å²) in [6, 6.07) is -0.0764. The van der Waals surface area contributed by atoms with Crippen LogP contribution < -0.4 is 5.73 Å². The first-order chi connectivity index (χ1) is 5.54. The van der Waals surface area contributed by atoms with Crippen molar-refractivity contribution in [2.45, 2.75) is 46.2 Å². The number of nitrogens with zero attached hydrogens (tertiary/aromatic N) is 1. The van der Waals surface area contributed by atoms with Gasteiger partial charge in [-0.3, -0.25) is 4.79 Å². The van der Waals surface area contributed by atoms with Crippen molar-refractivity contribution in [3.8, 4) is 0 Å². The number of amides is 1. The van der Waals surface area contributed by atoms with Crippen molar-refractivity contribution in [1.82, 2.24) is 4.90 Å². The van der Waals surface area contributed by atoms with Gasteiger partial charge in [-0.25, -0.2) is 0 Å². The second-order valence-corrected chi connectivity index (χ2v) is 3.17. The molecule has 0 aromatic rings. The monoisotopic (exact) mass is 172 g/mol. The quantitative estimate of drug-likeness (QED) is 0.687. The van der Waals surface area contributed by atoms with Crippen LogP contribution in [0.15, 0.2) is 0 Å². The number of carbonyl (C=O) groups excluding carboxylic acids is 1.